The van der Waals surface area contributed by atoms with E-state index in [0.29, 0.717) is 16.9 Å². The van der Waals surface area contributed by atoms with Crippen LogP contribution in [0.15, 0.2) is 42.7 Å². The largest absolute Gasteiger partial charge is 0.378 e. The molecule has 0 bridgehead atoms. The smallest absolute Gasteiger partial charge is 0.296 e. The van der Waals surface area contributed by atoms with E-state index < -0.39 is 16.0 Å². The highest BCUT2D eigenvalue weighted by Crippen LogP contribution is 2.22. The summed E-state index contributed by atoms with van der Waals surface area (Å²) in [5.74, 6) is -0.411. The summed E-state index contributed by atoms with van der Waals surface area (Å²) in [6.07, 6.45) is 2.69. The topological polar surface area (TPSA) is 97.1 Å². The minimum atomic E-state index is -3.82. The maximum absolute atomic E-state index is 13.1. The zero-order chi connectivity index (χ0) is 15.5. The summed E-state index contributed by atoms with van der Waals surface area (Å²) in [4.78, 5) is 3.79. The molecule has 2 aromatic rings. The molecule has 0 amide bonds. The van der Waals surface area contributed by atoms with Crippen LogP contribution in [0.3, 0.4) is 0 Å². The zero-order valence-electron chi connectivity index (χ0n) is 11.2. The lowest BCUT2D eigenvalue weighted by Gasteiger charge is -2.16. The highest BCUT2D eigenvalue weighted by Gasteiger charge is 2.08. The van der Waals surface area contributed by atoms with E-state index in [2.05, 4.69) is 15.0 Å². The fourth-order valence-corrected chi connectivity index (χ4v) is 2.29. The lowest BCUT2D eigenvalue weighted by atomic mass is 10.1. The molecular weight excluding hydrogens is 295 g/mol. The number of nitrogens with zero attached hydrogens (tertiary/aromatic N) is 1. The van der Waals surface area contributed by atoms with Crippen molar-refractivity contribution in [3.05, 3.63) is 54.1 Å². The Morgan fingerprint density at radius 1 is 1.24 bits per heavy atom. The number of benzene rings is 1. The Hall–Kier alpha value is -2.19. The number of rotatable bonds is 5. The summed E-state index contributed by atoms with van der Waals surface area (Å²) < 4.78 is 37.3. The van der Waals surface area contributed by atoms with E-state index in [1.54, 1.807) is 30.5 Å². The molecule has 8 heteroatoms. The number of nitrogens with one attached hydrogen (secondary N) is 2. The Morgan fingerprint density at radius 3 is 2.62 bits per heavy atom. The average molecular weight is 310 g/mol. The van der Waals surface area contributed by atoms with Crippen molar-refractivity contribution in [3.8, 4) is 0 Å². The second-order valence-electron chi connectivity index (χ2n) is 4.53. The number of halogens is 1. The molecule has 1 unspecified atom stereocenters. The van der Waals surface area contributed by atoms with Crippen LogP contribution in [0.4, 0.5) is 15.8 Å². The fraction of sp³-hybridized carbons (Fsp3) is 0.154. The van der Waals surface area contributed by atoms with Crippen molar-refractivity contribution in [3.63, 3.8) is 0 Å². The lowest BCUT2D eigenvalue weighted by Crippen LogP contribution is -2.21. The number of anilines is 2. The third kappa shape index (κ3) is 4.69. The Bertz CT molecular complexity index is 736. The fourth-order valence-electron chi connectivity index (χ4n) is 1.84. The first-order valence-electron chi connectivity index (χ1n) is 6.11. The number of pyridine rings is 1. The molecule has 21 heavy (non-hydrogen) atoms. The summed E-state index contributed by atoms with van der Waals surface area (Å²) in [7, 11) is -3.82. The number of hydrogen-bond acceptors (Lipinski definition) is 4. The lowest BCUT2D eigenvalue weighted by molar-refractivity contribution is 0.603. The molecule has 1 aromatic carbocycles. The van der Waals surface area contributed by atoms with E-state index in [0.717, 1.165) is 6.20 Å². The van der Waals surface area contributed by atoms with Gasteiger partial charge in [0.15, 0.2) is 0 Å². The molecule has 0 aliphatic rings. The summed E-state index contributed by atoms with van der Waals surface area (Å²) in [6.45, 7) is 1.84. The normalized spacial score (nSPS) is 12.7. The summed E-state index contributed by atoms with van der Waals surface area (Å²) >= 11 is 0. The van der Waals surface area contributed by atoms with Crippen molar-refractivity contribution in [2.45, 2.75) is 13.0 Å². The van der Waals surface area contributed by atoms with Crippen molar-refractivity contribution >= 4 is 21.6 Å². The van der Waals surface area contributed by atoms with Gasteiger partial charge < -0.3 is 5.32 Å². The van der Waals surface area contributed by atoms with Gasteiger partial charge in [-0.1, -0.05) is 6.07 Å². The van der Waals surface area contributed by atoms with Gasteiger partial charge in [-0.3, -0.25) is 9.71 Å². The highest BCUT2D eigenvalue weighted by molar-refractivity contribution is 7.90. The van der Waals surface area contributed by atoms with Gasteiger partial charge in [-0.25, -0.2) is 9.53 Å². The predicted molar refractivity (Wildman–Crippen MR) is 79.4 cm³/mol. The van der Waals surface area contributed by atoms with Gasteiger partial charge in [0.05, 0.1) is 17.9 Å². The van der Waals surface area contributed by atoms with Crippen LogP contribution in [-0.2, 0) is 10.2 Å². The summed E-state index contributed by atoms with van der Waals surface area (Å²) in [6, 6.07) is 7.79. The summed E-state index contributed by atoms with van der Waals surface area (Å²) in [5, 5.41) is 8.05. The summed E-state index contributed by atoms with van der Waals surface area (Å²) in [5.41, 5.74) is 1.69. The number of aromatic nitrogens is 1. The van der Waals surface area contributed by atoms with Crippen LogP contribution in [0.25, 0.3) is 0 Å². The molecule has 0 radical (unpaired) electrons. The molecule has 0 fully saturated rings. The van der Waals surface area contributed by atoms with Crippen LogP contribution in [0.1, 0.15) is 18.5 Å². The number of hydrogen-bond donors (Lipinski definition) is 3. The van der Waals surface area contributed by atoms with Gasteiger partial charge in [-0.15, -0.1) is 0 Å². The van der Waals surface area contributed by atoms with E-state index in [1.165, 1.54) is 6.07 Å². The minimum absolute atomic E-state index is 0.196. The monoisotopic (exact) mass is 310 g/mol. The van der Waals surface area contributed by atoms with E-state index in [1.807, 2.05) is 6.92 Å². The first-order valence-corrected chi connectivity index (χ1v) is 7.66. The average Bonchev–Trinajstić information content (AvgIpc) is 2.37. The van der Waals surface area contributed by atoms with E-state index in [-0.39, 0.29) is 6.04 Å². The van der Waals surface area contributed by atoms with Gasteiger partial charge in [-0.05, 0) is 36.8 Å². The maximum Gasteiger partial charge on any atom is 0.296 e. The third-order valence-corrected chi connectivity index (χ3v) is 3.25. The number of nitrogens with two attached hydrogens (primary N) is 1. The molecule has 6 nitrogen and oxygen atoms in total. The molecule has 4 N–H and O–H groups in total. The molecule has 0 spiro atoms. The molecule has 2 rings (SSSR count). The molecule has 0 aliphatic heterocycles. The second-order valence-corrected chi connectivity index (χ2v) is 5.82. The van der Waals surface area contributed by atoms with Gasteiger partial charge in [0.1, 0.15) is 5.82 Å². The Morgan fingerprint density at radius 2 is 1.95 bits per heavy atom. The van der Waals surface area contributed by atoms with E-state index >= 15 is 0 Å². The Balaban J connectivity index is 2.14. The molecule has 1 heterocycles. The molecule has 0 aliphatic carbocycles. The van der Waals surface area contributed by atoms with Crippen molar-refractivity contribution in [2.24, 2.45) is 5.14 Å². The van der Waals surface area contributed by atoms with Crippen molar-refractivity contribution in [2.75, 3.05) is 10.0 Å². The van der Waals surface area contributed by atoms with Crippen LogP contribution in [0.2, 0.25) is 0 Å². The van der Waals surface area contributed by atoms with Crippen LogP contribution >= 0.6 is 0 Å². The second kappa shape index (κ2) is 6.06. The first-order chi connectivity index (χ1) is 9.83. The van der Waals surface area contributed by atoms with Gasteiger partial charge >= 0.3 is 0 Å². The van der Waals surface area contributed by atoms with Crippen LogP contribution < -0.4 is 15.2 Å². The van der Waals surface area contributed by atoms with E-state index in [4.69, 9.17) is 5.14 Å². The molecule has 0 saturated carbocycles. The first kappa shape index (κ1) is 15.2. The minimum Gasteiger partial charge on any atom is -0.378 e. The van der Waals surface area contributed by atoms with Crippen molar-refractivity contribution < 1.29 is 12.8 Å². The Kier molecular flexibility index (Phi) is 4.39. The van der Waals surface area contributed by atoms with Crippen molar-refractivity contribution in [1.29, 1.82) is 0 Å². The molecule has 1 atom stereocenters. The zero-order valence-corrected chi connectivity index (χ0v) is 12.1. The molecular formula is C13H15FN4O2S. The third-order valence-electron chi connectivity index (χ3n) is 2.73. The van der Waals surface area contributed by atoms with E-state index in [9.17, 15) is 12.8 Å². The standard InChI is InChI=1S/C13H15FN4O2S/c1-9(10-5-11(14)8-16-7-10)17-12-3-2-4-13(6-12)18-21(15,19)20/h2-9,17-18H,1H3,(H2,15,19,20). The van der Waals surface area contributed by atoms with Gasteiger partial charge in [-0.2, -0.15) is 8.42 Å². The maximum atomic E-state index is 13.1. The van der Waals surface area contributed by atoms with Crippen LogP contribution in [0, 0.1) is 5.82 Å². The predicted octanol–water partition coefficient (Wildman–Crippen LogP) is 2.01. The van der Waals surface area contributed by atoms with Gasteiger partial charge in [0, 0.05) is 11.9 Å². The quantitative estimate of drug-likeness (QED) is 0.787. The SMILES string of the molecule is CC(Nc1cccc(NS(N)(=O)=O)c1)c1cncc(F)c1. The molecule has 112 valence electrons. The molecule has 0 saturated heterocycles. The van der Waals surface area contributed by atoms with Crippen LogP contribution in [-0.4, -0.2) is 13.4 Å². The van der Waals surface area contributed by atoms with Gasteiger partial charge in [0.2, 0.25) is 0 Å². The Labute approximate surface area is 122 Å². The van der Waals surface area contributed by atoms with Crippen molar-refractivity contribution in [1.82, 2.24) is 4.98 Å². The molecule has 1 aromatic heterocycles. The highest BCUT2D eigenvalue weighted by atomic mass is 32.2. The van der Waals surface area contributed by atoms with Gasteiger partial charge in [0.25, 0.3) is 10.2 Å². The van der Waals surface area contributed by atoms with Crippen LogP contribution in [0.5, 0.6) is 0 Å².